The molecule has 2 rings (SSSR count). The van der Waals surface area contributed by atoms with Crippen LogP contribution in [0.5, 0.6) is 0 Å². The first kappa shape index (κ1) is 14.3. The van der Waals surface area contributed by atoms with Gasteiger partial charge in [0, 0.05) is 17.7 Å². The van der Waals surface area contributed by atoms with E-state index in [1.54, 1.807) is 0 Å². The minimum atomic E-state index is -0.149. The maximum Gasteiger partial charge on any atom is 0.162 e. The van der Waals surface area contributed by atoms with Crippen LogP contribution in [0.4, 0.5) is 5.69 Å². The van der Waals surface area contributed by atoms with Gasteiger partial charge in [-0.15, -0.1) is 0 Å². The Labute approximate surface area is 119 Å². The van der Waals surface area contributed by atoms with Crippen molar-refractivity contribution >= 4 is 11.5 Å². The van der Waals surface area contributed by atoms with E-state index >= 15 is 0 Å². The van der Waals surface area contributed by atoms with Crippen LogP contribution in [0.1, 0.15) is 35.3 Å². The number of Topliss-reactive ketones (excluding diaryl/α,β-unsaturated/α-hetero) is 1. The Morgan fingerprint density at radius 2 is 1.75 bits per heavy atom. The van der Waals surface area contributed by atoms with Gasteiger partial charge in [0.1, 0.15) is 0 Å². The van der Waals surface area contributed by atoms with Crippen LogP contribution in [0.25, 0.3) is 0 Å². The van der Waals surface area contributed by atoms with E-state index in [2.05, 4.69) is 5.32 Å². The van der Waals surface area contributed by atoms with E-state index in [1.165, 1.54) is 0 Å². The van der Waals surface area contributed by atoms with Crippen molar-refractivity contribution in [1.82, 2.24) is 0 Å². The summed E-state index contributed by atoms with van der Waals surface area (Å²) in [7, 11) is 0. The predicted molar refractivity (Wildman–Crippen MR) is 81.0 cm³/mol. The fraction of sp³-hybridized carbons (Fsp3) is 0.235. The zero-order valence-electron chi connectivity index (χ0n) is 11.5. The molecule has 0 aromatic heterocycles. The lowest BCUT2D eigenvalue weighted by atomic mass is 10.1. The summed E-state index contributed by atoms with van der Waals surface area (Å²) in [6.45, 7) is 1.87. The molecule has 0 fully saturated rings. The molecule has 0 saturated heterocycles. The van der Waals surface area contributed by atoms with Gasteiger partial charge in [-0.25, -0.2) is 0 Å². The maximum atomic E-state index is 11.6. The Morgan fingerprint density at radius 3 is 2.30 bits per heavy atom. The molecule has 0 aliphatic heterocycles. The Bertz CT molecular complexity index is 549. The fourth-order valence-electron chi connectivity index (χ4n) is 2.08. The number of nitrogens with one attached hydrogen (secondary N) is 1. The number of aliphatic hydroxyl groups is 1. The van der Waals surface area contributed by atoms with E-state index in [0.29, 0.717) is 6.42 Å². The molecule has 2 N–H and O–H groups in total. The number of aliphatic hydroxyl groups excluding tert-OH is 1. The SMILES string of the molecule is CCC(=O)c1ccc(NC(CO)c2ccccc2)cc1. The van der Waals surface area contributed by atoms with E-state index in [1.807, 2.05) is 61.5 Å². The summed E-state index contributed by atoms with van der Waals surface area (Å²) in [5.74, 6) is 0.137. The van der Waals surface area contributed by atoms with E-state index in [9.17, 15) is 9.90 Å². The number of rotatable bonds is 6. The standard InChI is InChI=1S/C17H19NO2/c1-2-17(20)14-8-10-15(11-9-14)18-16(12-19)13-6-4-3-5-7-13/h3-11,16,18-19H,2,12H2,1H3. The van der Waals surface area contributed by atoms with Crippen molar-refractivity contribution in [2.75, 3.05) is 11.9 Å². The Balaban J connectivity index is 2.10. The van der Waals surface area contributed by atoms with Crippen molar-refractivity contribution in [3.63, 3.8) is 0 Å². The van der Waals surface area contributed by atoms with Gasteiger partial charge in [0.05, 0.1) is 12.6 Å². The van der Waals surface area contributed by atoms with Gasteiger partial charge in [0.15, 0.2) is 5.78 Å². The smallest absolute Gasteiger partial charge is 0.162 e. The molecule has 1 unspecified atom stereocenters. The van der Waals surface area contributed by atoms with Crippen LogP contribution in [-0.2, 0) is 0 Å². The minimum absolute atomic E-state index is 0.0135. The molecule has 20 heavy (non-hydrogen) atoms. The normalized spacial score (nSPS) is 11.9. The van der Waals surface area contributed by atoms with Crippen LogP contribution >= 0.6 is 0 Å². The van der Waals surface area contributed by atoms with E-state index in [-0.39, 0.29) is 18.4 Å². The Hall–Kier alpha value is -2.13. The molecule has 0 bridgehead atoms. The van der Waals surface area contributed by atoms with Gasteiger partial charge in [-0.1, -0.05) is 37.3 Å². The highest BCUT2D eigenvalue weighted by molar-refractivity contribution is 5.96. The van der Waals surface area contributed by atoms with E-state index < -0.39 is 0 Å². The molecular weight excluding hydrogens is 250 g/mol. The second-order valence-electron chi connectivity index (χ2n) is 4.64. The first-order valence-corrected chi connectivity index (χ1v) is 6.80. The lowest BCUT2D eigenvalue weighted by Crippen LogP contribution is -2.14. The molecule has 0 saturated carbocycles. The van der Waals surface area contributed by atoms with Crippen molar-refractivity contribution in [1.29, 1.82) is 0 Å². The monoisotopic (exact) mass is 269 g/mol. The van der Waals surface area contributed by atoms with Crippen LogP contribution < -0.4 is 5.32 Å². The molecule has 0 aliphatic rings. The van der Waals surface area contributed by atoms with Crippen molar-refractivity contribution in [3.8, 4) is 0 Å². The molecule has 0 amide bonds. The maximum absolute atomic E-state index is 11.6. The van der Waals surface area contributed by atoms with Crippen LogP contribution in [0.15, 0.2) is 54.6 Å². The first-order valence-electron chi connectivity index (χ1n) is 6.80. The molecule has 0 spiro atoms. The number of hydrogen-bond acceptors (Lipinski definition) is 3. The number of hydrogen-bond donors (Lipinski definition) is 2. The molecule has 3 heteroatoms. The second kappa shape index (κ2) is 6.87. The molecule has 0 aliphatic carbocycles. The number of carbonyl (C=O) groups is 1. The third kappa shape index (κ3) is 3.45. The fourth-order valence-corrected chi connectivity index (χ4v) is 2.08. The van der Waals surface area contributed by atoms with E-state index in [4.69, 9.17) is 0 Å². The molecular formula is C17H19NO2. The van der Waals surface area contributed by atoms with Gasteiger partial charge < -0.3 is 10.4 Å². The lowest BCUT2D eigenvalue weighted by molar-refractivity contribution is 0.0988. The summed E-state index contributed by atoms with van der Waals surface area (Å²) in [6, 6.07) is 17.0. The molecule has 3 nitrogen and oxygen atoms in total. The summed E-state index contributed by atoms with van der Waals surface area (Å²) in [4.78, 5) is 11.6. The van der Waals surface area contributed by atoms with Gasteiger partial charge in [0.2, 0.25) is 0 Å². The van der Waals surface area contributed by atoms with Crippen LogP contribution in [-0.4, -0.2) is 17.5 Å². The third-order valence-electron chi connectivity index (χ3n) is 3.25. The Morgan fingerprint density at radius 1 is 1.10 bits per heavy atom. The highest BCUT2D eigenvalue weighted by atomic mass is 16.3. The highest BCUT2D eigenvalue weighted by Gasteiger charge is 2.10. The zero-order valence-corrected chi connectivity index (χ0v) is 11.5. The van der Waals surface area contributed by atoms with Gasteiger partial charge in [0.25, 0.3) is 0 Å². The van der Waals surface area contributed by atoms with Crippen molar-refractivity contribution in [2.24, 2.45) is 0 Å². The third-order valence-corrected chi connectivity index (χ3v) is 3.25. The average molecular weight is 269 g/mol. The quantitative estimate of drug-likeness (QED) is 0.790. The molecule has 0 heterocycles. The van der Waals surface area contributed by atoms with Gasteiger partial charge >= 0.3 is 0 Å². The van der Waals surface area contributed by atoms with Crippen LogP contribution in [0, 0.1) is 0 Å². The summed E-state index contributed by atoms with van der Waals surface area (Å²) in [6.07, 6.45) is 0.510. The first-order chi connectivity index (χ1) is 9.74. The minimum Gasteiger partial charge on any atom is -0.394 e. The number of benzene rings is 2. The molecule has 104 valence electrons. The Kier molecular flexibility index (Phi) is 4.91. The lowest BCUT2D eigenvalue weighted by Gasteiger charge is -2.18. The predicted octanol–water partition coefficient (Wildman–Crippen LogP) is 3.42. The van der Waals surface area contributed by atoms with Crippen LogP contribution in [0.3, 0.4) is 0 Å². The van der Waals surface area contributed by atoms with Crippen molar-refractivity contribution in [3.05, 3.63) is 65.7 Å². The second-order valence-corrected chi connectivity index (χ2v) is 4.64. The summed E-state index contributed by atoms with van der Waals surface area (Å²) in [5.41, 5.74) is 2.64. The molecule has 2 aromatic rings. The number of anilines is 1. The molecule has 1 atom stereocenters. The van der Waals surface area contributed by atoms with Crippen molar-refractivity contribution in [2.45, 2.75) is 19.4 Å². The van der Waals surface area contributed by atoms with Gasteiger partial charge in [-0.05, 0) is 29.8 Å². The molecule has 2 aromatic carbocycles. The van der Waals surface area contributed by atoms with Crippen molar-refractivity contribution < 1.29 is 9.90 Å². The number of carbonyl (C=O) groups excluding carboxylic acids is 1. The molecule has 0 radical (unpaired) electrons. The highest BCUT2D eigenvalue weighted by Crippen LogP contribution is 2.19. The number of ketones is 1. The van der Waals surface area contributed by atoms with E-state index in [0.717, 1.165) is 16.8 Å². The summed E-state index contributed by atoms with van der Waals surface area (Å²) in [5, 5.41) is 12.8. The zero-order chi connectivity index (χ0) is 14.4. The largest absolute Gasteiger partial charge is 0.394 e. The van der Waals surface area contributed by atoms with Gasteiger partial charge in [-0.2, -0.15) is 0 Å². The summed E-state index contributed by atoms with van der Waals surface area (Å²) >= 11 is 0. The topological polar surface area (TPSA) is 49.3 Å². The van der Waals surface area contributed by atoms with Gasteiger partial charge in [-0.3, -0.25) is 4.79 Å². The summed E-state index contributed by atoms with van der Waals surface area (Å²) < 4.78 is 0. The average Bonchev–Trinajstić information content (AvgIpc) is 2.53. The van der Waals surface area contributed by atoms with Crippen LogP contribution in [0.2, 0.25) is 0 Å².